The molecule has 0 bridgehead atoms. The van der Waals surface area contributed by atoms with Gasteiger partial charge in [0.25, 0.3) is 0 Å². The number of nitriles is 1. The van der Waals surface area contributed by atoms with Crippen molar-refractivity contribution >= 4 is 17.5 Å². The van der Waals surface area contributed by atoms with E-state index in [1.165, 1.54) is 0 Å². The quantitative estimate of drug-likeness (QED) is 0.750. The molecule has 0 saturated heterocycles. The molecule has 0 atom stereocenters. The van der Waals surface area contributed by atoms with Crippen LogP contribution in [0.2, 0.25) is 5.02 Å². The Hall–Kier alpha value is -2.77. The fraction of sp³-hybridized carbons (Fsp3) is 0.111. The van der Waals surface area contributed by atoms with Gasteiger partial charge in [0.05, 0.1) is 0 Å². The van der Waals surface area contributed by atoms with E-state index in [9.17, 15) is 5.26 Å². The fourth-order valence-electron chi connectivity index (χ4n) is 2.12. The predicted octanol–water partition coefficient (Wildman–Crippen LogP) is 4.79. The zero-order valence-electron chi connectivity index (χ0n) is 12.5. The summed E-state index contributed by atoms with van der Waals surface area (Å²) >= 11 is 5.87. The Morgan fingerprint density at radius 1 is 1.13 bits per heavy atom. The summed E-state index contributed by atoms with van der Waals surface area (Å²) in [5, 5.41) is 13.0. The van der Waals surface area contributed by atoms with Gasteiger partial charge in [0.2, 0.25) is 17.5 Å². The third-order valence-corrected chi connectivity index (χ3v) is 3.65. The smallest absolute Gasteiger partial charge is 0.232 e. The number of hydrogen-bond acceptors (Lipinski definition) is 4. The van der Waals surface area contributed by atoms with Gasteiger partial charge < -0.3 is 9.73 Å². The number of anilines is 1. The molecule has 3 aromatic rings. The molecule has 1 N–H and O–H groups in total. The van der Waals surface area contributed by atoms with Gasteiger partial charge in [-0.2, -0.15) is 10.2 Å². The molecule has 0 radical (unpaired) electrons. The van der Waals surface area contributed by atoms with Gasteiger partial charge in [0.1, 0.15) is 6.07 Å². The van der Waals surface area contributed by atoms with Crippen molar-refractivity contribution in [3.05, 3.63) is 70.4 Å². The van der Waals surface area contributed by atoms with E-state index in [0.717, 1.165) is 16.7 Å². The minimum atomic E-state index is 0.245. The molecule has 0 amide bonds. The molecular formula is C18H14ClN3O. The standard InChI is InChI=1S/C18H14ClN3O/c1-12-2-6-14(7-3-12)17-22-16(10-20)18(23-17)21-11-13-4-8-15(19)9-5-13/h2-9,21H,11H2,1H3. The number of rotatable bonds is 4. The first-order valence-electron chi connectivity index (χ1n) is 7.12. The first-order chi connectivity index (χ1) is 11.2. The highest BCUT2D eigenvalue weighted by atomic mass is 35.5. The van der Waals surface area contributed by atoms with Crippen LogP contribution < -0.4 is 5.32 Å². The van der Waals surface area contributed by atoms with Crippen LogP contribution in [0.15, 0.2) is 52.9 Å². The van der Waals surface area contributed by atoms with Crippen LogP contribution in [-0.2, 0) is 6.54 Å². The van der Waals surface area contributed by atoms with E-state index in [-0.39, 0.29) is 5.69 Å². The van der Waals surface area contributed by atoms with E-state index in [4.69, 9.17) is 16.0 Å². The average Bonchev–Trinajstić information content (AvgIpc) is 2.98. The van der Waals surface area contributed by atoms with Gasteiger partial charge in [-0.05, 0) is 36.8 Å². The van der Waals surface area contributed by atoms with Gasteiger partial charge in [0, 0.05) is 17.1 Å². The van der Waals surface area contributed by atoms with E-state index in [2.05, 4.69) is 16.4 Å². The first kappa shape index (κ1) is 15.1. The fourth-order valence-corrected chi connectivity index (χ4v) is 2.25. The summed E-state index contributed by atoms with van der Waals surface area (Å²) in [4.78, 5) is 4.24. The van der Waals surface area contributed by atoms with Crippen LogP contribution in [0.3, 0.4) is 0 Å². The summed E-state index contributed by atoms with van der Waals surface area (Å²) in [5.74, 6) is 0.804. The number of hydrogen-bond donors (Lipinski definition) is 1. The van der Waals surface area contributed by atoms with Crippen LogP contribution >= 0.6 is 11.6 Å². The molecule has 0 aliphatic carbocycles. The van der Waals surface area contributed by atoms with Gasteiger partial charge in [-0.1, -0.05) is 41.4 Å². The number of aromatic nitrogens is 1. The molecule has 1 heterocycles. The van der Waals surface area contributed by atoms with Crippen LogP contribution in [0.1, 0.15) is 16.8 Å². The van der Waals surface area contributed by atoms with Crippen molar-refractivity contribution in [1.82, 2.24) is 4.98 Å². The van der Waals surface area contributed by atoms with Crippen molar-refractivity contribution in [2.45, 2.75) is 13.5 Å². The SMILES string of the molecule is Cc1ccc(-c2nc(C#N)c(NCc3ccc(Cl)cc3)o2)cc1. The number of oxazole rings is 1. The summed E-state index contributed by atoms with van der Waals surface area (Å²) in [7, 11) is 0. The number of benzene rings is 2. The topological polar surface area (TPSA) is 61.9 Å². The van der Waals surface area contributed by atoms with Crippen molar-refractivity contribution in [3.8, 4) is 17.5 Å². The summed E-state index contributed by atoms with van der Waals surface area (Å²) in [6, 6.07) is 17.3. The van der Waals surface area contributed by atoms with Crippen molar-refractivity contribution in [3.63, 3.8) is 0 Å². The first-order valence-corrected chi connectivity index (χ1v) is 7.50. The molecule has 3 rings (SSSR count). The van der Waals surface area contributed by atoms with Crippen LogP contribution in [0, 0.1) is 18.3 Å². The molecule has 2 aromatic carbocycles. The van der Waals surface area contributed by atoms with E-state index in [0.29, 0.717) is 23.3 Å². The molecule has 0 saturated carbocycles. The summed E-state index contributed by atoms with van der Waals surface area (Å²) in [5.41, 5.74) is 3.27. The second-order valence-corrected chi connectivity index (χ2v) is 5.59. The van der Waals surface area contributed by atoms with Gasteiger partial charge in [-0.15, -0.1) is 0 Å². The van der Waals surface area contributed by atoms with Gasteiger partial charge in [0.15, 0.2) is 0 Å². The lowest BCUT2D eigenvalue weighted by molar-refractivity contribution is 0.585. The molecule has 0 aliphatic heterocycles. The van der Waals surface area contributed by atoms with E-state index in [1.807, 2.05) is 55.5 Å². The molecule has 0 aliphatic rings. The lowest BCUT2D eigenvalue weighted by Gasteiger charge is -2.03. The Balaban J connectivity index is 1.80. The summed E-state index contributed by atoms with van der Waals surface area (Å²) < 4.78 is 5.71. The number of aryl methyl sites for hydroxylation is 1. The average molecular weight is 324 g/mol. The minimum Gasteiger partial charge on any atom is -0.419 e. The van der Waals surface area contributed by atoms with E-state index >= 15 is 0 Å². The van der Waals surface area contributed by atoms with Gasteiger partial charge in [-0.3, -0.25) is 0 Å². The Kier molecular flexibility index (Phi) is 4.31. The van der Waals surface area contributed by atoms with Crippen LogP contribution in [0.5, 0.6) is 0 Å². The predicted molar refractivity (Wildman–Crippen MR) is 90.2 cm³/mol. The van der Waals surface area contributed by atoms with Crippen LogP contribution in [0.4, 0.5) is 5.88 Å². The van der Waals surface area contributed by atoms with Gasteiger partial charge in [-0.25, -0.2) is 0 Å². The lowest BCUT2D eigenvalue weighted by Crippen LogP contribution is -1.99. The highest BCUT2D eigenvalue weighted by molar-refractivity contribution is 6.30. The number of nitrogens with zero attached hydrogens (tertiary/aromatic N) is 2. The molecule has 5 heteroatoms. The van der Waals surface area contributed by atoms with Crippen molar-refractivity contribution in [2.75, 3.05) is 5.32 Å². The Morgan fingerprint density at radius 2 is 1.83 bits per heavy atom. The Morgan fingerprint density at radius 3 is 2.48 bits per heavy atom. The molecule has 1 aromatic heterocycles. The number of halogens is 1. The highest BCUT2D eigenvalue weighted by Gasteiger charge is 2.14. The maximum Gasteiger partial charge on any atom is 0.232 e. The van der Waals surface area contributed by atoms with Crippen LogP contribution in [0.25, 0.3) is 11.5 Å². The molecule has 0 fully saturated rings. The maximum absolute atomic E-state index is 9.23. The zero-order valence-corrected chi connectivity index (χ0v) is 13.3. The molecule has 0 spiro atoms. The number of nitrogens with one attached hydrogen (secondary N) is 1. The third-order valence-electron chi connectivity index (χ3n) is 3.40. The zero-order chi connectivity index (χ0) is 16.2. The molecule has 4 nitrogen and oxygen atoms in total. The highest BCUT2D eigenvalue weighted by Crippen LogP contribution is 2.26. The maximum atomic E-state index is 9.23. The molecule has 114 valence electrons. The van der Waals surface area contributed by atoms with Crippen molar-refractivity contribution in [1.29, 1.82) is 5.26 Å². The Labute approximate surface area is 139 Å². The minimum absolute atomic E-state index is 0.245. The van der Waals surface area contributed by atoms with Crippen molar-refractivity contribution in [2.24, 2.45) is 0 Å². The van der Waals surface area contributed by atoms with E-state index < -0.39 is 0 Å². The normalized spacial score (nSPS) is 10.3. The van der Waals surface area contributed by atoms with Gasteiger partial charge >= 0.3 is 0 Å². The monoisotopic (exact) mass is 323 g/mol. The molecule has 0 unspecified atom stereocenters. The summed E-state index contributed by atoms with van der Waals surface area (Å²) in [6.45, 7) is 2.54. The largest absolute Gasteiger partial charge is 0.419 e. The molecule has 23 heavy (non-hydrogen) atoms. The molecular weight excluding hydrogens is 310 g/mol. The second kappa shape index (κ2) is 6.55. The lowest BCUT2D eigenvalue weighted by atomic mass is 10.1. The van der Waals surface area contributed by atoms with E-state index in [1.54, 1.807) is 0 Å². The Bertz CT molecular complexity index is 845. The second-order valence-electron chi connectivity index (χ2n) is 5.15. The summed E-state index contributed by atoms with van der Waals surface area (Å²) in [6.07, 6.45) is 0. The van der Waals surface area contributed by atoms with Crippen LogP contribution in [-0.4, -0.2) is 4.98 Å². The third kappa shape index (κ3) is 3.53. The van der Waals surface area contributed by atoms with Crippen molar-refractivity contribution < 1.29 is 4.42 Å².